The van der Waals surface area contributed by atoms with Crippen molar-refractivity contribution in [3.05, 3.63) is 70.2 Å². The van der Waals surface area contributed by atoms with Crippen LogP contribution in [0.4, 0.5) is 4.39 Å². The first kappa shape index (κ1) is 14.8. The molecular weight excluding hydrogens is 295 g/mol. The zero-order valence-electron chi connectivity index (χ0n) is 12.6. The van der Waals surface area contributed by atoms with Gasteiger partial charge in [-0.1, -0.05) is 12.1 Å². The molecule has 0 aromatic heterocycles. The highest BCUT2D eigenvalue weighted by Gasteiger charge is 2.30. The van der Waals surface area contributed by atoms with E-state index < -0.39 is 11.7 Å². The molecule has 0 saturated heterocycles. The molecule has 0 unspecified atom stereocenters. The van der Waals surface area contributed by atoms with Crippen molar-refractivity contribution in [2.24, 2.45) is 0 Å². The van der Waals surface area contributed by atoms with E-state index >= 15 is 0 Å². The molecule has 0 fully saturated rings. The minimum Gasteiger partial charge on any atom is -0.496 e. The molecular formula is C18H12FN2O2. The summed E-state index contributed by atoms with van der Waals surface area (Å²) in [5, 5.41) is 13.2. The van der Waals surface area contributed by atoms with Crippen molar-refractivity contribution in [2.45, 2.75) is 6.92 Å². The molecule has 0 saturated carbocycles. The van der Waals surface area contributed by atoms with E-state index in [1.165, 1.54) is 19.2 Å². The van der Waals surface area contributed by atoms with Gasteiger partial charge in [-0.25, -0.2) is 4.39 Å². The molecule has 23 heavy (non-hydrogen) atoms. The van der Waals surface area contributed by atoms with E-state index in [-0.39, 0.29) is 5.70 Å². The summed E-state index contributed by atoms with van der Waals surface area (Å²) in [4.78, 5) is 12.2. The molecule has 2 aromatic carbocycles. The lowest BCUT2D eigenvalue weighted by Gasteiger charge is -2.22. The van der Waals surface area contributed by atoms with E-state index in [9.17, 15) is 14.4 Å². The second kappa shape index (κ2) is 5.58. The Kier molecular flexibility index (Phi) is 3.59. The summed E-state index contributed by atoms with van der Waals surface area (Å²) in [7, 11) is 1.53. The monoisotopic (exact) mass is 307 g/mol. The molecule has 1 aliphatic heterocycles. The van der Waals surface area contributed by atoms with Crippen LogP contribution in [0, 0.1) is 24.1 Å². The number of benzene rings is 2. The fourth-order valence-corrected chi connectivity index (χ4v) is 2.76. The molecule has 1 amide bonds. The number of nitriles is 1. The van der Waals surface area contributed by atoms with E-state index in [4.69, 9.17) is 4.74 Å². The summed E-state index contributed by atoms with van der Waals surface area (Å²) in [5.41, 5.74) is 2.56. The molecule has 3 rings (SSSR count). The first-order valence-corrected chi connectivity index (χ1v) is 6.91. The van der Waals surface area contributed by atoms with Gasteiger partial charge in [-0.2, -0.15) is 10.6 Å². The maximum atomic E-state index is 13.6. The Morgan fingerprint density at radius 2 is 2.04 bits per heavy atom. The molecule has 0 N–H and O–H groups in total. The molecule has 1 aliphatic rings. The molecule has 4 nitrogen and oxygen atoms in total. The van der Waals surface area contributed by atoms with Crippen molar-refractivity contribution in [1.82, 2.24) is 5.32 Å². The average Bonchev–Trinajstić information content (AvgIpc) is 2.55. The fraction of sp³-hybridized carbons (Fsp3) is 0.111. The standard InChI is InChI=1S/C18H12FN2O2/c1-10-15(23-2)7-6-13-16(10)17(14(9-20)21-18(13)22)11-4-3-5-12(19)8-11/h3-8H,1-2H3. The van der Waals surface area contributed by atoms with Crippen LogP contribution in [0.1, 0.15) is 27.0 Å². The number of fused-ring (bicyclic) bond motifs is 1. The van der Waals surface area contributed by atoms with Crippen LogP contribution in [0.2, 0.25) is 0 Å². The van der Waals surface area contributed by atoms with Crippen LogP contribution in [-0.2, 0) is 0 Å². The minimum absolute atomic E-state index is 0.0237. The van der Waals surface area contributed by atoms with Crippen LogP contribution < -0.4 is 10.1 Å². The number of methoxy groups -OCH3 is 1. The number of nitrogens with zero attached hydrogens (tertiary/aromatic N) is 2. The van der Waals surface area contributed by atoms with Gasteiger partial charge in [-0.05, 0) is 42.3 Å². The van der Waals surface area contributed by atoms with Gasteiger partial charge in [-0.3, -0.25) is 4.79 Å². The summed E-state index contributed by atoms with van der Waals surface area (Å²) in [6.45, 7) is 1.80. The number of rotatable bonds is 2. The first-order valence-electron chi connectivity index (χ1n) is 6.91. The van der Waals surface area contributed by atoms with E-state index in [0.29, 0.717) is 33.6 Å². The van der Waals surface area contributed by atoms with Gasteiger partial charge < -0.3 is 4.74 Å². The van der Waals surface area contributed by atoms with Gasteiger partial charge in [-0.15, -0.1) is 0 Å². The predicted molar refractivity (Wildman–Crippen MR) is 82.2 cm³/mol. The predicted octanol–water partition coefficient (Wildman–Crippen LogP) is 3.18. The SMILES string of the molecule is COc1ccc2c(c1C)C(c1cccc(F)c1)=C(C#N)[N]C2=O. The highest BCUT2D eigenvalue weighted by molar-refractivity contribution is 6.08. The Bertz CT molecular complexity index is 894. The number of hydrogen-bond donors (Lipinski definition) is 0. The first-order chi connectivity index (χ1) is 11.1. The Labute approximate surface area is 132 Å². The van der Waals surface area contributed by atoms with E-state index in [0.717, 1.165) is 0 Å². The normalized spacial score (nSPS) is 13.2. The van der Waals surface area contributed by atoms with Crippen molar-refractivity contribution in [1.29, 1.82) is 5.26 Å². The third-order valence-electron chi connectivity index (χ3n) is 3.78. The quantitative estimate of drug-likeness (QED) is 0.856. The number of carbonyl (C=O) groups is 1. The number of carbonyl (C=O) groups excluding carboxylic acids is 1. The topological polar surface area (TPSA) is 64.2 Å². The van der Waals surface area contributed by atoms with Crippen LogP contribution in [-0.4, -0.2) is 13.0 Å². The maximum absolute atomic E-state index is 13.6. The zero-order valence-corrected chi connectivity index (χ0v) is 12.6. The summed E-state index contributed by atoms with van der Waals surface area (Å²) in [5.74, 6) is -0.321. The lowest BCUT2D eigenvalue weighted by molar-refractivity contribution is 0.0961. The largest absolute Gasteiger partial charge is 0.496 e. The van der Waals surface area contributed by atoms with Gasteiger partial charge in [0.1, 0.15) is 17.6 Å². The molecule has 1 radical (unpaired) electrons. The highest BCUT2D eigenvalue weighted by Crippen LogP contribution is 2.38. The second-order valence-corrected chi connectivity index (χ2v) is 5.08. The van der Waals surface area contributed by atoms with Gasteiger partial charge in [0.2, 0.25) is 0 Å². The van der Waals surface area contributed by atoms with E-state index in [2.05, 4.69) is 5.32 Å². The number of allylic oxidation sites excluding steroid dienone is 1. The number of halogens is 1. The smallest absolute Gasteiger partial charge is 0.278 e. The maximum Gasteiger partial charge on any atom is 0.278 e. The molecule has 0 spiro atoms. The van der Waals surface area contributed by atoms with Gasteiger partial charge in [0.05, 0.1) is 12.7 Å². The van der Waals surface area contributed by atoms with Crippen LogP contribution in [0.15, 0.2) is 42.1 Å². The zero-order chi connectivity index (χ0) is 16.6. The van der Waals surface area contributed by atoms with Crippen LogP contribution in [0.3, 0.4) is 0 Å². The lowest BCUT2D eigenvalue weighted by atomic mass is 9.86. The molecule has 0 aliphatic carbocycles. The van der Waals surface area contributed by atoms with Gasteiger partial charge in [0, 0.05) is 11.1 Å². The van der Waals surface area contributed by atoms with E-state index in [1.54, 1.807) is 31.2 Å². The van der Waals surface area contributed by atoms with Gasteiger partial charge >= 0.3 is 0 Å². The summed E-state index contributed by atoms with van der Waals surface area (Å²) in [6, 6.07) is 11.1. The van der Waals surface area contributed by atoms with Crippen molar-refractivity contribution in [3.63, 3.8) is 0 Å². The van der Waals surface area contributed by atoms with Crippen LogP contribution in [0.5, 0.6) is 5.75 Å². The Balaban J connectivity index is 2.38. The fourth-order valence-electron chi connectivity index (χ4n) is 2.76. The summed E-state index contributed by atoms with van der Waals surface area (Å²) >= 11 is 0. The number of ether oxygens (including phenoxy) is 1. The van der Waals surface area contributed by atoms with E-state index in [1.807, 2.05) is 6.07 Å². The van der Waals surface area contributed by atoms with Crippen molar-refractivity contribution < 1.29 is 13.9 Å². The summed E-state index contributed by atoms with van der Waals surface area (Å²) < 4.78 is 18.9. The van der Waals surface area contributed by atoms with Crippen molar-refractivity contribution in [3.8, 4) is 11.8 Å². The Hall–Kier alpha value is -3.13. The van der Waals surface area contributed by atoms with Crippen molar-refractivity contribution >= 4 is 11.5 Å². The molecule has 5 heteroatoms. The van der Waals surface area contributed by atoms with Gasteiger partial charge in [0.15, 0.2) is 5.70 Å². The van der Waals surface area contributed by atoms with Crippen LogP contribution in [0.25, 0.3) is 5.57 Å². The highest BCUT2D eigenvalue weighted by atomic mass is 19.1. The third kappa shape index (κ3) is 2.34. The second-order valence-electron chi connectivity index (χ2n) is 5.08. The minimum atomic E-state index is -0.484. The number of hydrogen-bond acceptors (Lipinski definition) is 3. The molecule has 0 bridgehead atoms. The summed E-state index contributed by atoms with van der Waals surface area (Å²) in [6.07, 6.45) is 0. The molecule has 1 heterocycles. The Morgan fingerprint density at radius 1 is 1.26 bits per heavy atom. The Morgan fingerprint density at radius 3 is 2.70 bits per heavy atom. The lowest BCUT2D eigenvalue weighted by Crippen LogP contribution is -2.24. The average molecular weight is 307 g/mol. The number of amides is 1. The molecule has 0 atom stereocenters. The molecule has 113 valence electrons. The third-order valence-corrected chi connectivity index (χ3v) is 3.78. The van der Waals surface area contributed by atoms with Crippen LogP contribution >= 0.6 is 0 Å². The molecule has 2 aromatic rings. The van der Waals surface area contributed by atoms with Crippen molar-refractivity contribution in [2.75, 3.05) is 7.11 Å². The van der Waals surface area contributed by atoms with Gasteiger partial charge in [0.25, 0.3) is 5.91 Å².